The van der Waals surface area contributed by atoms with Gasteiger partial charge in [-0.05, 0) is 6.92 Å². The summed E-state index contributed by atoms with van der Waals surface area (Å²) in [5.41, 5.74) is 0. The van der Waals surface area contributed by atoms with Gasteiger partial charge in [-0.3, -0.25) is 0 Å². The summed E-state index contributed by atoms with van der Waals surface area (Å²) in [4.78, 5) is 0. The highest BCUT2D eigenvalue weighted by atomic mass is 127. The molecule has 1 unspecified atom stereocenters. The van der Waals surface area contributed by atoms with Crippen molar-refractivity contribution in [2.24, 2.45) is 0 Å². The molecule has 0 radical (unpaired) electrons. The molecule has 0 N–H and O–H groups in total. The molecule has 62 valence electrons. The SMILES string of the molecule is CC(F)C(F)(F)C(F)(F)I. The van der Waals surface area contributed by atoms with Crippen LogP contribution < -0.4 is 0 Å². The minimum Gasteiger partial charge on any atom is -0.241 e. The van der Waals surface area contributed by atoms with Gasteiger partial charge in [-0.1, -0.05) is 0 Å². The van der Waals surface area contributed by atoms with Crippen LogP contribution in [0.2, 0.25) is 0 Å². The van der Waals surface area contributed by atoms with Crippen LogP contribution in [-0.2, 0) is 0 Å². The van der Waals surface area contributed by atoms with Gasteiger partial charge in [0.2, 0.25) is 0 Å². The summed E-state index contributed by atoms with van der Waals surface area (Å²) in [7, 11) is 0. The fourth-order valence-corrected chi connectivity index (χ4v) is 0.655. The van der Waals surface area contributed by atoms with E-state index in [4.69, 9.17) is 0 Å². The van der Waals surface area contributed by atoms with Gasteiger partial charge in [0.25, 0.3) is 0 Å². The second-order valence-electron chi connectivity index (χ2n) is 1.74. The summed E-state index contributed by atoms with van der Waals surface area (Å²) >= 11 is 0.211. The molecule has 0 nitrogen and oxygen atoms in total. The van der Waals surface area contributed by atoms with Crippen molar-refractivity contribution in [3.8, 4) is 0 Å². The van der Waals surface area contributed by atoms with Crippen molar-refractivity contribution < 1.29 is 22.0 Å². The van der Waals surface area contributed by atoms with Crippen LogP contribution in [0.1, 0.15) is 6.92 Å². The summed E-state index contributed by atoms with van der Waals surface area (Å²) in [5, 5.41) is 0. The molecule has 0 aliphatic carbocycles. The first kappa shape index (κ1) is 10.4. The molecule has 10 heavy (non-hydrogen) atoms. The number of rotatable bonds is 2. The van der Waals surface area contributed by atoms with Crippen LogP contribution in [0.15, 0.2) is 0 Å². The Kier molecular flexibility index (Phi) is 2.89. The van der Waals surface area contributed by atoms with Gasteiger partial charge < -0.3 is 0 Å². The average Bonchev–Trinajstić information content (AvgIpc) is 1.62. The standard InChI is InChI=1S/C4H4F5I/c1-2(5)3(6,7)4(8,9)10/h2H,1H3. The van der Waals surface area contributed by atoms with Gasteiger partial charge in [0.1, 0.15) is 0 Å². The quantitative estimate of drug-likeness (QED) is 0.412. The van der Waals surface area contributed by atoms with Crippen LogP contribution >= 0.6 is 22.6 Å². The molecule has 0 aromatic carbocycles. The third-order valence-corrected chi connectivity index (χ3v) is 1.60. The number of halogens is 6. The maximum Gasteiger partial charge on any atom is 0.361 e. The summed E-state index contributed by atoms with van der Waals surface area (Å²) < 4.78 is 54.8. The zero-order valence-corrected chi connectivity index (χ0v) is 7.00. The van der Waals surface area contributed by atoms with Crippen LogP contribution in [0, 0.1) is 0 Å². The van der Waals surface area contributed by atoms with Crippen LogP contribution in [0.25, 0.3) is 0 Å². The van der Waals surface area contributed by atoms with Crippen molar-refractivity contribution in [1.29, 1.82) is 0 Å². The van der Waals surface area contributed by atoms with E-state index >= 15 is 0 Å². The lowest BCUT2D eigenvalue weighted by molar-refractivity contribution is -0.176. The highest BCUT2D eigenvalue weighted by molar-refractivity contribution is 14.1. The van der Waals surface area contributed by atoms with E-state index in [2.05, 4.69) is 0 Å². The van der Waals surface area contributed by atoms with Gasteiger partial charge in [0.05, 0.1) is 0 Å². The lowest BCUT2D eigenvalue weighted by Gasteiger charge is -2.22. The first-order valence-corrected chi connectivity index (χ1v) is 3.36. The normalized spacial score (nSPS) is 17.1. The minimum atomic E-state index is -4.58. The Morgan fingerprint density at radius 2 is 1.50 bits per heavy atom. The van der Waals surface area contributed by atoms with Crippen LogP contribution in [0.5, 0.6) is 0 Å². The molecule has 0 aromatic heterocycles. The third kappa shape index (κ3) is 1.93. The summed E-state index contributed by atoms with van der Waals surface area (Å²) in [6, 6.07) is 0. The number of alkyl halides is 6. The third-order valence-electron chi connectivity index (χ3n) is 0.878. The van der Waals surface area contributed by atoms with E-state index < -0.39 is 16.0 Å². The first-order valence-electron chi connectivity index (χ1n) is 2.28. The van der Waals surface area contributed by atoms with Crippen LogP contribution in [0.3, 0.4) is 0 Å². The second-order valence-corrected chi connectivity index (χ2v) is 3.09. The fraction of sp³-hybridized carbons (Fsp3) is 1.00. The van der Waals surface area contributed by atoms with Crippen molar-refractivity contribution in [1.82, 2.24) is 0 Å². The molecule has 0 bridgehead atoms. The zero-order valence-electron chi connectivity index (χ0n) is 4.85. The van der Waals surface area contributed by atoms with Crippen molar-refractivity contribution in [3.63, 3.8) is 0 Å². The van der Waals surface area contributed by atoms with Gasteiger partial charge >= 0.3 is 9.85 Å². The van der Waals surface area contributed by atoms with Crippen molar-refractivity contribution in [2.45, 2.75) is 22.9 Å². The highest BCUT2D eigenvalue weighted by Gasteiger charge is 2.58. The Bertz CT molecular complexity index is 115. The van der Waals surface area contributed by atoms with E-state index in [1.165, 1.54) is 0 Å². The molecule has 0 aromatic rings. The summed E-state index contributed by atoms with van der Waals surface area (Å²) in [6.45, 7) is 0.395. The van der Waals surface area contributed by atoms with Gasteiger partial charge in [0.15, 0.2) is 6.17 Å². The molecule has 0 spiro atoms. The lowest BCUT2D eigenvalue weighted by Crippen LogP contribution is -2.42. The van der Waals surface area contributed by atoms with Gasteiger partial charge in [-0.15, -0.1) is 0 Å². The molecule has 0 aliphatic heterocycles. The maximum absolute atomic E-state index is 11.9. The Hall–Kier alpha value is 0.380. The lowest BCUT2D eigenvalue weighted by atomic mass is 10.2. The molecular weight excluding hydrogens is 270 g/mol. The fourth-order valence-electron chi connectivity index (χ4n) is 0.226. The molecule has 0 heterocycles. The monoisotopic (exact) mass is 274 g/mol. The number of hydrogen-bond acceptors (Lipinski definition) is 0. The molecule has 0 rings (SSSR count). The van der Waals surface area contributed by atoms with Gasteiger partial charge in [-0.2, -0.15) is 17.6 Å². The Labute approximate surface area is 67.9 Å². The molecular formula is C4H4F5I. The van der Waals surface area contributed by atoms with Crippen LogP contribution in [-0.4, -0.2) is 16.0 Å². The first-order chi connectivity index (χ1) is 4.19. The largest absolute Gasteiger partial charge is 0.361 e. The highest BCUT2D eigenvalue weighted by Crippen LogP contribution is 2.42. The molecule has 6 heteroatoms. The molecule has 0 fully saturated rings. The average molecular weight is 274 g/mol. The molecule has 0 saturated heterocycles. The summed E-state index contributed by atoms with van der Waals surface area (Å²) in [5.74, 6) is -4.58. The topological polar surface area (TPSA) is 0 Å². The van der Waals surface area contributed by atoms with Crippen molar-refractivity contribution in [2.75, 3.05) is 0 Å². The molecule has 0 aliphatic rings. The van der Waals surface area contributed by atoms with E-state index in [1.54, 1.807) is 0 Å². The Morgan fingerprint density at radius 1 is 1.20 bits per heavy atom. The minimum absolute atomic E-state index is 0.211. The van der Waals surface area contributed by atoms with E-state index in [-0.39, 0.29) is 22.6 Å². The summed E-state index contributed by atoms with van der Waals surface area (Å²) in [6.07, 6.45) is -2.83. The van der Waals surface area contributed by atoms with Crippen molar-refractivity contribution in [3.05, 3.63) is 0 Å². The van der Waals surface area contributed by atoms with E-state index in [0.717, 1.165) is 0 Å². The van der Waals surface area contributed by atoms with E-state index in [9.17, 15) is 22.0 Å². The van der Waals surface area contributed by atoms with Crippen molar-refractivity contribution >= 4 is 22.6 Å². The molecule has 0 amide bonds. The second kappa shape index (κ2) is 2.78. The predicted octanol–water partition coefficient (Wildman–Crippen LogP) is 3.01. The van der Waals surface area contributed by atoms with Crippen LogP contribution in [0.4, 0.5) is 22.0 Å². The predicted molar refractivity (Wildman–Crippen MR) is 34.5 cm³/mol. The maximum atomic E-state index is 11.9. The van der Waals surface area contributed by atoms with E-state index in [0.29, 0.717) is 6.92 Å². The van der Waals surface area contributed by atoms with Gasteiger partial charge in [0, 0.05) is 22.6 Å². The van der Waals surface area contributed by atoms with E-state index in [1.807, 2.05) is 0 Å². The van der Waals surface area contributed by atoms with Gasteiger partial charge in [-0.25, -0.2) is 4.39 Å². The number of hydrogen-bond donors (Lipinski definition) is 0. The Morgan fingerprint density at radius 3 is 1.50 bits per heavy atom. The zero-order chi connectivity index (χ0) is 8.58. The molecule has 0 saturated carbocycles. The smallest absolute Gasteiger partial charge is 0.241 e. The Balaban J connectivity index is 4.40. The molecule has 1 atom stereocenters.